The van der Waals surface area contributed by atoms with Crippen LogP contribution in [-0.4, -0.2) is 28.7 Å². The Balaban J connectivity index is 2.35. The summed E-state index contributed by atoms with van der Waals surface area (Å²) in [6.07, 6.45) is 0. The lowest BCUT2D eigenvalue weighted by molar-refractivity contribution is -0.137. The predicted octanol–water partition coefficient (Wildman–Crippen LogP) is 0.518. The summed E-state index contributed by atoms with van der Waals surface area (Å²) >= 11 is 1.56. The van der Waals surface area contributed by atoms with Crippen LogP contribution in [0.2, 0.25) is 0 Å². The van der Waals surface area contributed by atoms with Crippen LogP contribution in [0.15, 0.2) is 0 Å². The normalized spacial score (nSPS) is 28.2. The molecule has 4 heteroatoms. The van der Waals surface area contributed by atoms with Crippen LogP contribution in [0.25, 0.3) is 5.32 Å². The van der Waals surface area contributed by atoms with Crippen molar-refractivity contribution >= 4 is 17.7 Å². The molecule has 0 aliphatic carbocycles. The van der Waals surface area contributed by atoms with E-state index >= 15 is 0 Å². The van der Waals surface area contributed by atoms with Gasteiger partial charge in [-0.1, -0.05) is 5.88 Å². The summed E-state index contributed by atoms with van der Waals surface area (Å²) in [4.78, 5) is 10.1. The number of aliphatic carboxylic acids is 1. The SMILES string of the molecule is O=C(O)C1CSC[N-]1. The summed E-state index contributed by atoms with van der Waals surface area (Å²) in [5, 5.41) is 12.1. The van der Waals surface area contributed by atoms with Gasteiger partial charge < -0.3 is 10.4 Å². The van der Waals surface area contributed by atoms with Crippen molar-refractivity contribution in [1.82, 2.24) is 0 Å². The van der Waals surface area contributed by atoms with Crippen LogP contribution < -0.4 is 0 Å². The van der Waals surface area contributed by atoms with Crippen molar-refractivity contribution in [1.29, 1.82) is 0 Å². The highest BCUT2D eigenvalue weighted by Crippen LogP contribution is 2.21. The number of thioether (sulfide) groups is 1. The molecule has 0 bridgehead atoms. The van der Waals surface area contributed by atoms with Gasteiger partial charge in [0.05, 0.1) is 0 Å². The Bertz CT molecular complexity index is 100. The quantitative estimate of drug-likeness (QED) is 0.565. The van der Waals surface area contributed by atoms with Crippen LogP contribution in [0.4, 0.5) is 0 Å². The van der Waals surface area contributed by atoms with Crippen molar-refractivity contribution < 1.29 is 9.90 Å². The topological polar surface area (TPSA) is 51.4 Å². The predicted molar refractivity (Wildman–Crippen MR) is 32.1 cm³/mol. The van der Waals surface area contributed by atoms with Gasteiger partial charge in [-0.05, 0) is 11.8 Å². The minimum Gasteiger partial charge on any atom is -0.641 e. The molecule has 0 amide bonds. The Morgan fingerprint density at radius 2 is 2.62 bits per heavy atom. The number of hydrogen-bond donors (Lipinski definition) is 1. The molecule has 0 aromatic carbocycles. The van der Waals surface area contributed by atoms with E-state index in [2.05, 4.69) is 5.32 Å². The first-order chi connectivity index (χ1) is 3.80. The Labute approximate surface area is 51.5 Å². The molecule has 1 heterocycles. The van der Waals surface area contributed by atoms with E-state index < -0.39 is 12.0 Å². The molecule has 1 unspecified atom stereocenters. The molecular formula is C4H6NO2S-. The summed E-state index contributed by atoms with van der Waals surface area (Å²) in [5.41, 5.74) is 0. The third kappa shape index (κ3) is 1.14. The van der Waals surface area contributed by atoms with Gasteiger partial charge in [-0.25, -0.2) is 0 Å². The monoisotopic (exact) mass is 132 g/mol. The third-order valence-corrected chi connectivity index (χ3v) is 1.83. The first kappa shape index (κ1) is 5.91. The summed E-state index contributed by atoms with van der Waals surface area (Å²) < 4.78 is 0. The van der Waals surface area contributed by atoms with E-state index in [4.69, 9.17) is 5.11 Å². The van der Waals surface area contributed by atoms with Gasteiger partial charge in [0.2, 0.25) is 0 Å². The second-order valence-electron chi connectivity index (χ2n) is 1.54. The number of carboxylic acid groups (broad SMARTS) is 1. The van der Waals surface area contributed by atoms with E-state index in [0.717, 1.165) is 0 Å². The lowest BCUT2D eigenvalue weighted by Gasteiger charge is -2.14. The Kier molecular flexibility index (Phi) is 1.75. The number of rotatable bonds is 1. The number of carboxylic acids is 1. The number of nitrogens with zero attached hydrogens (tertiary/aromatic N) is 1. The van der Waals surface area contributed by atoms with Gasteiger partial charge in [0.15, 0.2) is 0 Å². The van der Waals surface area contributed by atoms with Crippen LogP contribution in [0.3, 0.4) is 0 Å². The van der Waals surface area contributed by atoms with Crippen LogP contribution in [-0.2, 0) is 4.79 Å². The molecule has 1 N–H and O–H groups in total. The Morgan fingerprint density at radius 3 is 2.88 bits per heavy atom. The first-order valence-corrected chi connectivity index (χ1v) is 3.43. The Morgan fingerprint density at radius 1 is 1.88 bits per heavy atom. The molecule has 8 heavy (non-hydrogen) atoms. The van der Waals surface area contributed by atoms with E-state index in [1.807, 2.05) is 0 Å². The molecule has 1 atom stereocenters. The van der Waals surface area contributed by atoms with Crippen LogP contribution in [0.1, 0.15) is 0 Å². The zero-order valence-corrected chi connectivity index (χ0v) is 5.02. The van der Waals surface area contributed by atoms with Crippen molar-refractivity contribution in [2.45, 2.75) is 6.04 Å². The van der Waals surface area contributed by atoms with Crippen LogP contribution in [0.5, 0.6) is 0 Å². The van der Waals surface area contributed by atoms with E-state index in [1.54, 1.807) is 11.8 Å². The van der Waals surface area contributed by atoms with Crippen molar-refractivity contribution in [3.8, 4) is 0 Å². The maximum absolute atomic E-state index is 10.1. The smallest absolute Gasteiger partial charge is 0.286 e. The van der Waals surface area contributed by atoms with Crippen molar-refractivity contribution in [3.63, 3.8) is 0 Å². The van der Waals surface area contributed by atoms with Crippen LogP contribution >= 0.6 is 11.8 Å². The van der Waals surface area contributed by atoms with Gasteiger partial charge >= 0.3 is 0 Å². The maximum atomic E-state index is 10.1. The highest BCUT2D eigenvalue weighted by Gasteiger charge is 2.09. The molecule has 1 saturated heterocycles. The summed E-state index contributed by atoms with van der Waals surface area (Å²) in [6.45, 7) is 0. The van der Waals surface area contributed by atoms with Gasteiger partial charge in [-0.3, -0.25) is 4.79 Å². The van der Waals surface area contributed by atoms with Crippen molar-refractivity contribution in [2.75, 3.05) is 11.6 Å². The molecule has 0 aromatic rings. The molecule has 1 aliphatic rings. The second kappa shape index (κ2) is 2.37. The molecule has 1 rings (SSSR count). The second-order valence-corrected chi connectivity index (χ2v) is 2.54. The lowest BCUT2D eigenvalue weighted by Crippen LogP contribution is -2.17. The highest BCUT2D eigenvalue weighted by molar-refractivity contribution is 7.99. The maximum Gasteiger partial charge on any atom is 0.286 e. The molecule has 1 aliphatic heterocycles. The number of carbonyl (C=O) groups is 1. The highest BCUT2D eigenvalue weighted by atomic mass is 32.2. The van der Waals surface area contributed by atoms with E-state index in [9.17, 15) is 4.79 Å². The average molecular weight is 132 g/mol. The largest absolute Gasteiger partial charge is 0.641 e. The summed E-state index contributed by atoms with van der Waals surface area (Å²) in [6, 6.07) is -0.431. The van der Waals surface area contributed by atoms with Gasteiger partial charge in [0.1, 0.15) is 0 Å². The van der Waals surface area contributed by atoms with E-state index in [0.29, 0.717) is 11.6 Å². The standard InChI is InChI=1S/C4H6NO2S/c6-4(7)3-1-8-2-5-3/h3H,1-2H2,(H,6,7)/q-1. The Hall–Kier alpha value is -0.220. The van der Waals surface area contributed by atoms with Gasteiger partial charge in [-0.15, -0.1) is 0 Å². The molecule has 3 nitrogen and oxygen atoms in total. The minimum absolute atomic E-state index is 0.431. The lowest BCUT2D eigenvalue weighted by atomic mass is 10.4. The fraction of sp³-hybridized carbons (Fsp3) is 0.750. The summed E-state index contributed by atoms with van der Waals surface area (Å²) in [7, 11) is 0. The minimum atomic E-state index is -0.796. The van der Waals surface area contributed by atoms with E-state index in [1.165, 1.54) is 0 Å². The molecule has 0 saturated carbocycles. The zero-order chi connectivity index (χ0) is 5.98. The summed E-state index contributed by atoms with van der Waals surface area (Å²) in [5.74, 6) is 0.502. The van der Waals surface area contributed by atoms with Gasteiger partial charge in [0, 0.05) is 0 Å². The molecule has 1 fully saturated rings. The number of hydrogen-bond acceptors (Lipinski definition) is 2. The van der Waals surface area contributed by atoms with Gasteiger partial charge in [-0.2, -0.15) is 11.8 Å². The fourth-order valence-electron chi connectivity index (χ4n) is 0.509. The molecular weight excluding hydrogens is 126 g/mol. The fourth-order valence-corrected chi connectivity index (χ4v) is 1.37. The third-order valence-electron chi connectivity index (χ3n) is 0.947. The first-order valence-electron chi connectivity index (χ1n) is 2.28. The van der Waals surface area contributed by atoms with Crippen LogP contribution in [0, 0.1) is 0 Å². The van der Waals surface area contributed by atoms with Gasteiger partial charge in [0.25, 0.3) is 5.97 Å². The van der Waals surface area contributed by atoms with Crippen molar-refractivity contribution in [2.24, 2.45) is 0 Å². The average Bonchev–Trinajstić information content (AvgIpc) is 2.12. The van der Waals surface area contributed by atoms with E-state index in [-0.39, 0.29) is 0 Å². The molecule has 0 radical (unpaired) electrons. The zero-order valence-electron chi connectivity index (χ0n) is 4.20. The molecule has 0 spiro atoms. The molecule has 46 valence electrons. The molecule has 0 aromatic heterocycles. The van der Waals surface area contributed by atoms with Crippen molar-refractivity contribution in [3.05, 3.63) is 5.32 Å².